The fourth-order valence-electron chi connectivity index (χ4n) is 18.9. The van der Waals surface area contributed by atoms with Crippen LogP contribution in [0.15, 0.2) is 443 Å². The van der Waals surface area contributed by atoms with Crippen LogP contribution in [0.3, 0.4) is 0 Å². The average Bonchev–Trinajstić information content (AvgIpc) is 0.800. The van der Waals surface area contributed by atoms with E-state index in [4.69, 9.17) is 0 Å². The van der Waals surface area contributed by atoms with Crippen LogP contribution in [-0.4, -0.2) is 35.5 Å². The standard InChI is InChI=1S/C103H76BN3Si3/c1-75-55-57-76(58-56-75)77-59-61-78(62-60-77)105-99-69-67-91(109(84-39-17-5-18-40-84,85-41-19-6-20-42-85)86-43-21-7-22-44-86)73-95(99)104-96-74-92(110(87-45-23-8-24-46-87,88-47-25-9-26-48-88)89-49-27-10-28-50-89)68-70-100(96)106(102-72-80(71-101(105)103(102)104)107-97-53-31-29-51-93(97)94-52-30-32-54-98(94)107)79-63-65-90(66-64-79)108(81-33-11-2-12-34-81,82-35-13-3-14-36-82)83-37-15-4-16-38-83/h2-74H,1H3. The third-order valence-electron chi connectivity index (χ3n) is 23.7. The fourth-order valence-corrected chi connectivity index (χ4v) is 33.3. The summed E-state index contributed by atoms with van der Waals surface area (Å²) in [5, 5.41) is 18.4. The second-order valence-electron chi connectivity index (χ2n) is 29.4. The molecule has 20 rings (SSSR count). The van der Waals surface area contributed by atoms with E-state index in [0.717, 1.165) is 50.8 Å². The van der Waals surface area contributed by atoms with Gasteiger partial charge >= 0.3 is 0 Å². The molecule has 0 unspecified atom stereocenters. The SMILES string of the molecule is Cc1ccc(-c2ccc(N3c4ccc([Si](c5ccccc5)(c5ccccc5)c5ccccc5)cc4B4c5cc([Si](c6ccccc6)(c6ccccc6)c6ccccc6)ccc5N(c5ccc([Si](c6ccccc6)(c6ccccc6)c6ccccc6)cc5)c5cc(-n6c7ccccc7c7ccccc76)cc3c54)cc2)cc1. The topological polar surface area (TPSA) is 11.4 Å². The Labute approximate surface area is 647 Å². The molecule has 110 heavy (non-hydrogen) atoms. The van der Waals surface area contributed by atoms with Crippen LogP contribution in [0.4, 0.5) is 34.1 Å². The molecule has 0 atom stereocenters. The summed E-state index contributed by atoms with van der Waals surface area (Å²) < 4.78 is 2.53. The monoisotopic (exact) mass is 1450 g/mol. The lowest BCUT2D eigenvalue weighted by molar-refractivity contribution is 1.16. The van der Waals surface area contributed by atoms with Crippen LogP contribution in [-0.2, 0) is 0 Å². The van der Waals surface area contributed by atoms with Crippen LogP contribution in [0.2, 0.25) is 0 Å². The molecule has 17 aromatic carbocycles. The molecule has 518 valence electrons. The van der Waals surface area contributed by atoms with Crippen LogP contribution in [0.5, 0.6) is 0 Å². The zero-order chi connectivity index (χ0) is 73.2. The van der Waals surface area contributed by atoms with E-state index in [-0.39, 0.29) is 6.71 Å². The van der Waals surface area contributed by atoms with Gasteiger partial charge in [-0.1, -0.05) is 388 Å². The first kappa shape index (κ1) is 66.3. The molecule has 7 heteroatoms. The van der Waals surface area contributed by atoms with Gasteiger partial charge in [-0.15, -0.1) is 0 Å². The third kappa shape index (κ3) is 10.6. The first-order valence-corrected chi connectivity index (χ1v) is 44.3. The van der Waals surface area contributed by atoms with Gasteiger partial charge in [0.1, 0.15) is 0 Å². The van der Waals surface area contributed by atoms with Crippen molar-refractivity contribution in [3.63, 3.8) is 0 Å². The summed E-state index contributed by atoms with van der Waals surface area (Å²) in [7, 11) is -9.37. The van der Waals surface area contributed by atoms with E-state index in [1.807, 2.05) is 0 Å². The van der Waals surface area contributed by atoms with E-state index in [9.17, 15) is 0 Å². The van der Waals surface area contributed by atoms with Gasteiger partial charge < -0.3 is 14.4 Å². The predicted octanol–water partition coefficient (Wildman–Crippen LogP) is 15.0. The number of aromatic nitrogens is 1. The zero-order valence-corrected chi connectivity index (χ0v) is 64.1. The Morgan fingerprint density at radius 1 is 0.209 bits per heavy atom. The minimum Gasteiger partial charge on any atom is -0.311 e. The van der Waals surface area contributed by atoms with Crippen LogP contribution < -0.4 is 88.4 Å². The minimum absolute atomic E-state index is 0.298. The molecule has 2 aliphatic rings. The summed E-state index contributed by atoms with van der Waals surface area (Å²) in [5.41, 5.74) is 17.4. The van der Waals surface area contributed by atoms with Gasteiger partial charge in [-0.05, 0) is 157 Å². The molecule has 0 radical (unpaired) electrons. The quantitative estimate of drug-likeness (QED) is 0.0706. The van der Waals surface area contributed by atoms with Gasteiger partial charge in [0.2, 0.25) is 0 Å². The Bertz CT molecular complexity index is 6030. The Morgan fingerprint density at radius 3 is 0.782 bits per heavy atom. The molecule has 0 aliphatic carbocycles. The van der Waals surface area contributed by atoms with E-state index < -0.39 is 24.2 Å². The summed E-state index contributed by atoms with van der Waals surface area (Å²) in [6.45, 7) is 1.87. The molecule has 0 saturated heterocycles. The largest absolute Gasteiger partial charge is 0.311 e. The Balaban J connectivity index is 0.937. The van der Waals surface area contributed by atoms with E-state index in [0.29, 0.717) is 0 Å². The number of benzene rings is 17. The van der Waals surface area contributed by atoms with Crippen LogP contribution in [0.1, 0.15) is 5.56 Å². The second kappa shape index (κ2) is 27.6. The number of nitrogens with zero attached hydrogens (tertiary/aromatic N) is 3. The number of hydrogen-bond acceptors (Lipinski definition) is 2. The summed E-state index contributed by atoms with van der Waals surface area (Å²) in [5.74, 6) is 0. The number of para-hydroxylation sites is 2. The van der Waals surface area contributed by atoms with Crippen LogP contribution >= 0.6 is 0 Å². The van der Waals surface area contributed by atoms with E-state index in [1.54, 1.807) is 0 Å². The van der Waals surface area contributed by atoms with Crippen molar-refractivity contribution >= 4 is 165 Å². The summed E-state index contributed by atoms with van der Waals surface area (Å²) in [4.78, 5) is 5.29. The summed E-state index contributed by atoms with van der Waals surface area (Å²) >= 11 is 0. The second-order valence-corrected chi connectivity index (χ2v) is 40.9. The van der Waals surface area contributed by atoms with E-state index >= 15 is 0 Å². The first-order chi connectivity index (χ1) is 54.5. The molecular weight excluding hydrogens is 1370 g/mol. The summed E-state index contributed by atoms with van der Waals surface area (Å²) in [6, 6.07) is 170. The highest BCUT2D eigenvalue weighted by molar-refractivity contribution is 7.21. The highest BCUT2D eigenvalue weighted by Gasteiger charge is 2.50. The van der Waals surface area contributed by atoms with Gasteiger partial charge in [-0.25, -0.2) is 0 Å². The van der Waals surface area contributed by atoms with Crippen molar-refractivity contribution in [1.82, 2.24) is 4.57 Å². The van der Waals surface area contributed by atoms with Crippen LogP contribution in [0.25, 0.3) is 38.6 Å². The Morgan fingerprint density at radius 2 is 0.464 bits per heavy atom. The molecule has 3 nitrogen and oxygen atoms in total. The molecule has 0 spiro atoms. The van der Waals surface area contributed by atoms with Crippen LogP contribution in [0, 0.1) is 6.92 Å². The Kier molecular flexibility index (Phi) is 16.6. The van der Waals surface area contributed by atoms with Gasteiger partial charge in [0.15, 0.2) is 24.2 Å². The number of rotatable bonds is 16. The molecule has 0 fully saturated rings. The predicted molar refractivity (Wildman–Crippen MR) is 476 cm³/mol. The first-order valence-electron chi connectivity index (χ1n) is 38.3. The zero-order valence-electron chi connectivity index (χ0n) is 61.1. The van der Waals surface area contributed by atoms with E-state index in [1.165, 1.54) is 106 Å². The summed E-state index contributed by atoms with van der Waals surface area (Å²) in [6.07, 6.45) is 0. The Hall–Kier alpha value is -13.1. The third-order valence-corrected chi connectivity index (χ3v) is 38.0. The lowest BCUT2D eigenvalue weighted by Gasteiger charge is -2.46. The van der Waals surface area contributed by atoms with Crippen molar-refractivity contribution in [2.24, 2.45) is 0 Å². The van der Waals surface area contributed by atoms with Crippen molar-refractivity contribution in [2.75, 3.05) is 9.80 Å². The number of hydrogen-bond donors (Lipinski definition) is 0. The molecule has 2 aliphatic heterocycles. The lowest BCUT2D eigenvalue weighted by Crippen LogP contribution is -2.76. The maximum absolute atomic E-state index is 3.20. The van der Waals surface area contributed by atoms with Gasteiger partial charge in [0.05, 0.1) is 16.7 Å². The highest BCUT2D eigenvalue weighted by atomic mass is 28.3. The van der Waals surface area contributed by atoms with Gasteiger partial charge in [-0.3, -0.25) is 0 Å². The van der Waals surface area contributed by atoms with Gasteiger partial charge in [0.25, 0.3) is 6.71 Å². The molecule has 0 amide bonds. The molecular formula is C103H76BN3Si3. The smallest absolute Gasteiger partial charge is 0.252 e. The maximum Gasteiger partial charge on any atom is 0.252 e. The maximum atomic E-state index is 2.70. The molecule has 18 aromatic rings. The van der Waals surface area contributed by atoms with Gasteiger partial charge in [0, 0.05) is 44.9 Å². The lowest BCUT2D eigenvalue weighted by atomic mass is 9.33. The van der Waals surface area contributed by atoms with Crippen molar-refractivity contribution in [2.45, 2.75) is 6.92 Å². The van der Waals surface area contributed by atoms with Crippen molar-refractivity contribution in [3.8, 4) is 16.8 Å². The molecule has 0 bridgehead atoms. The van der Waals surface area contributed by atoms with E-state index in [2.05, 4.69) is 464 Å². The number of aryl methyl sites for hydroxylation is 1. The minimum atomic E-state index is -3.20. The normalized spacial score (nSPS) is 12.5. The average molecular weight is 1450 g/mol. The van der Waals surface area contributed by atoms with Crippen molar-refractivity contribution < 1.29 is 0 Å². The number of anilines is 6. The number of fused-ring (bicyclic) bond motifs is 7. The van der Waals surface area contributed by atoms with Crippen molar-refractivity contribution in [3.05, 3.63) is 448 Å². The highest BCUT2D eigenvalue weighted by Crippen LogP contribution is 2.47. The van der Waals surface area contributed by atoms with Crippen molar-refractivity contribution in [1.29, 1.82) is 0 Å². The fraction of sp³-hybridized carbons (Fsp3) is 0.00971. The molecule has 0 saturated carbocycles. The molecule has 0 N–H and O–H groups in total. The van der Waals surface area contributed by atoms with Gasteiger partial charge in [-0.2, -0.15) is 0 Å². The molecule has 3 heterocycles. The molecule has 1 aromatic heterocycles.